The van der Waals surface area contributed by atoms with Crippen LogP contribution in [-0.2, 0) is 0 Å². The van der Waals surface area contributed by atoms with Gasteiger partial charge in [0.2, 0.25) is 0 Å². The lowest BCUT2D eigenvalue weighted by molar-refractivity contribution is 0.0946. The van der Waals surface area contributed by atoms with Gasteiger partial charge < -0.3 is 15.3 Å². The fourth-order valence-electron chi connectivity index (χ4n) is 2.27. The summed E-state index contributed by atoms with van der Waals surface area (Å²) in [5, 5.41) is 9.93. The Hall–Kier alpha value is -2.35. The number of hydrogen-bond donors (Lipinski definition) is 3. The number of carbonyl (C=O) groups is 1. The maximum Gasteiger partial charge on any atom is 0.293 e. The first-order valence-electron chi connectivity index (χ1n) is 16.2. The molecule has 0 aromatic carbocycles. The molecule has 3 rings (SSSR count). The lowest BCUT2D eigenvalue weighted by atomic mass is 10.1. The van der Waals surface area contributed by atoms with Crippen LogP contribution in [0.25, 0.3) is 11.0 Å². The third kappa shape index (κ3) is 3.60. The largest absolute Gasteiger partial charge is 0.506 e. The van der Waals surface area contributed by atoms with Crippen LogP contribution >= 0.6 is 0 Å². The van der Waals surface area contributed by atoms with Gasteiger partial charge in [-0.1, -0.05) is 6.37 Å². The highest BCUT2D eigenvalue weighted by molar-refractivity contribution is 6.01. The van der Waals surface area contributed by atoms with Crippen LogP contribution in [0, 0.1) is 0 Å². The van der Waals surface area contributed by atoms with E-state index in [0.29, 0.717) is 4.57 Å². The molecule has 1 fully saturated rings. The number of carbonyl (C=O) groups excluding carboxylic acids is 1. The number of rotatable bonds is 7. The molecular formula is C18H27N5O3. The van der Waals surface area contributed by atoms with Crippen LogP contribution in [0.4, 0.5) is 0 Å². The number of piperidine rings is 1. The zero-order chi connectivity index (χ0) is 34.4. The van der Waals surface area contributed by atoms with E-state index in [2.05, 4.69) is 15.3 Å². The number of nitrogens with zero attached hydrogens (tertiary/aromatic N) is 3. The van der Waals surface area contributed by atoms with Gasteiger partial charge >= 0.3 is 0 Å². The Labute approximate surface area is 177 Å². The molecule has 3 N–H and O–H groups in total. The van der Waals surface area contributed by atoms with E-state index < -0.39 is 97.8 Å². The zero-order valence-electron chi connectivity index (χ0n) is 31.5. The van der Waals surface area contributed by atoms with Gasteiger partial charge in [-0.2, -0.15) is 5.10 Å². The summed E-state index contributed by atoms with van der Waals surface area (Å²) in [6.45, 7) is -14.6. The predicted molar refractivity (Wildman–Crippen MR) is 99.6 cm³/mol. The normalized spacial score (nSPS) is 38.7. The number of amides is 1. The molecule has 1 unspecified atom stereocenters. The molecule has 1 aliphatic rings. The fraction of sp³-hybridized carbons (Fsp3) is 0.611. The molecule has 26 heavy (non-hydrogen) atoms. The van der Waals surface area contributed by atoms with Gasteiger partial charge in [0.15, 0.2) is 1.41 Å². The summed E-state index contributed by atoms with van der Waals surface area (Å²) in [5.41, 5.74) is -3.08. The highest BCUT2D eigenvalue weighted by atomic mass is 16.3. The van der Waals surface area contributed by atoms with Crippen molar-refractivity contribution < 1.29 is 33.2 Å². The lowest BCUT2D eigenvalue weighted by Crippen LogP contribution is -2.36. The van der Waals surface area contributed by atoms with Gasteiger partial charge in [-0.25, -0.2) is 0 Å². The first-order chi connectivity index (χ1) is 19.5. The van der Waals surface area contributed by atoms with Crippen LogP contribution < -0.4 is 10.9 Å². The van der Waals surface area contributed by atoms with Crippen molar-refractivity contribution in [3.63, 3.8) is 0 Å². The number of hydrogen-bond acceptors (Lipinski definition) is 5. The molecule has 0 saturated carbocycles. The number of fused-ring (bicyclic) bond motifs is 1. The quantitative estimate of drug-likeness (QED) is 0.678. The SMILES string of the molecule is [2H]Oc1c(C(=O)N([2H])CCC([2H])([2H])N2C([2H])([2H])C([2H])([2H])C([2H])([2H])C([2H])([2H])C2([2H])[2H])c(=O)n(C([2H])(C)C([2H])([2H])[2H])c2[nH]ncc12. The summed E-state index contributed by atoms with van der Waals surface area (Å²) in [7, 11) is 0. The minimum absolute atomic E-state index is 0.0956. The Balaban J connectivity index is 2.08. The van der Waals surface area contributed by atoms with Crippen LogP contribution in [0.2, 0.25) is 1.41 Å². The zero-order valence-corrected chi connectivity index (χ0v) is 13.5. The van der Waals surface area contributed by atoms with Gasteiger partial charge in [0.25, 0.3) is 12.9 Å². The average molecular weight is 380 g/mol. The third-order valence-corrected chi connectivity index (χ3v) is 3.38. The number of nitrogens with one attached hydrogen (secondary N) is 2. The smallest absolute Gasteiger partial charge is 0.293 e. The van der Waals surface area contributed by atoms with Crippen molar-refractivity contribution in [2.45, 2.75) is 45.3 Å². The summed E-state index contributed by atoms with van der Waals surface area (Å²) in [5.74, 6) is -2.44. The number of aromatic nitrogens is 3. The molecule has 2 aromatic rings. The molecule has 142 valence electrons. The Morgan fingerprint density at radius 2 is 2.46 bits per heavy atom. The third-order valence-electron chi connectivity index (χ3n) is 3.38. The van der Waals surface area contributed by atoms with Crippen molar-refractivity contribution in [3.8, 4) is 5.75 Å². The van der Waals surface area contributed by atoms with E-state index in [0.717, 1.165) is 13.1 Å². The maximum absolute atomic E-state index is 13.5. The van der Waals surface area contributed by atoms with E-state index in [-0.39, 0.29) is 10.7 Å². The van der Waals surface area contributed by atoms with Crippen LogP contribution in [0.5, 0.6) is 5.75 Å². The minimum Gasteiger partial charge on any atom is -0.506 e. The molecule has 0 spiro atoms. The van der Waals surface area contributed by atoms with Gasteiger partial charge in [0.1, 0.15) is 17.0 Å². The van der Waals surface area contributed by atoms with Crippen molar-refractivity contribution in [2.75, 3.05) is 26.0 Å². The van der Waals surface area contributed by atoms with Crippen molar-refractivity contribution in [1.29, 1.82) is 1.43 Å². The highest BCUT2D eigenvalue weighted by Crippen LogP contribution is 2.26. The average Bonchev–Trinajstić information content (AvgIpc) is 3.32. The monoisotopic (exact) mass is 379 g/mol. The van der Waals surface area contributed by atoms with Crippen molar-refractivity contribution >= 4 is 16.9 Å². The first-order valence-corrected chi connectivity index (χ1v) is 7.37. The second-order valence-corrected chi connectivity index (χ2v) is 5.09. The molecule has 0 aliphatic carbocycles. The van der Waals surface area contributed by atoms with Crippen LogP contribution in [0.15, 0.2) is 11.0 Å². The second kappa shape index (κ2) is 7.90. The molecule has 8 heteroatoms. The summed E-state index contributed by atoms with van der Waals surface area (Å²) >= 11 is 0. The molecule has 1 saturated heterocycles. The first kappa shape index (κ1) is 6.37. The Bertz CT molecular complexity index is 1480. The Kier molecular flexibility index (Phi) is 1.94. The predicted octanol–water partition coefficient (Wildman–Crippen LogP) is 1.62. The van der Waals surface area contributed by atoms with Gasteiger partial charge in [-0.3, -0.25) is 19.3 Å². The number of aromatic amines is 1. The molecule has 1 amide bonds. The van der Waals surface area contributed by atoms with Crippen molar-refractivity contribution in [1.82, 2.24) is 25.0 Å². The van der Waals surface area contributed by atoms with E-state index in [1.165, 1.54) is 0 Å². The summed E-state index contributed by atoms with van der Waals surface area (Å²) in [4.78, 5) is 26.4. The molecule has 0 radical (unpaired) electrons. The van der Waals surface area contributed by atoms with Gasteiger partial charge in [0.05, 0.1) is 13.0 Å². The van der Waals surface area contributed by atoms with Crippen LogP contribution in [0.3, 0.4) is 0 Å². The molecule has 1 atom stereocenters. The Morgan fingerprint density at radius 1 is 1.65 bits per heavy atom. The van der Waals surface area contributed by atoms with E-state index in [1.54, 1.807) is 0 Å². The van der Waals surface area contributed by atoms with E-state index >= 15 is 0 Å². The summed E-state index contributed by atoms with van der Waals surface area (Å²) in [6, 6.07) is -2.75. The summed E-state index contributed by atoms with van der Waals surface area (Å²) < 4.78 is 144. The van der Waals surface area contributed by atoms with Gasteiger partial charge in [-0.15, -0.1) is 0 Å². The molecular weight excluding hydrogens is 334 g/mol. The van der Waals surface area contributed by atoms with Gasteiger partial charge in [0, 0.05) is 33.1 Å². The van der Waals surface area contributed by atoms with Crippen LogP contribution in [-0.4, -0.2) is 58.1 Å². The molecule has 0 bridgehead atoms. The fourth-order valence-corrected chi connectivity index (χ4v) is 2.27. The van der Waals surface area contributed by atoms with E-state index in [4.69, 9.17) is 24.8 Å². The van der Waals surface area contributed by atoms with E-state index in [1.807, 2.05) is 0 Å². The lowest BCUT2D eigenvalue weighted by Gasteiger charge is -2.26. The second-order valence-electron chi connectivity index (χ2n) is 5.09. The molecule has 8 nitrogen and oxygen atoms in total. The number of likely N-dealkylation sites (tertiary alicyclic amines) is 1. The molecule has 3 heterocycles. The number of aromatic hydroxyl groups is 1. The minimum atomic E-state index is -3.84. The van der Waals surface area contributed by atoms with Crippen molar-refractivity contribution in [2.24, 2.45) is 0 Å². The van der Waals surface area contributed by atoms with Gasteiger partial charge in [-0.05, 0) is 52.4 Å². The standard InChI is InChI=1S/C18H27N5O3/c1-12(2)23-16-13(11-20-21-16)15(24)14(18(23)26)17(25)19-7-6-10-22-8-4-3-5-9-22/h11-12,24H,3-10H2,1-2H3,(H,19,25)(H,20,21)/i1D3,3D2,4D2,5D2,8D2,9D2,10D2,12D/hD2. The van der Waals surface area contributed by atoms with E-state index in [9.17, 15) is 9.59 Å². The maximum atomic E-state index is 13.5. The van der Waals surface area contributed by atoms with Crippen molar-refractivity contribution in [3.05, 3.63) is 22.1 Å². The topological polar surface area (TPSA) is 103 Å². The number of pyridine rings is 1. The summed E-state index contributed by atoms with van der Waals surface area (Å²) in [6.07, 6.45) is -11.8. The number of H-pyrrole nitrogens is 1. The Morgan fingerprint density at radius 3 is 3.19 bits per heavy atom. The molecule has 1 aliphatic heterocycles. The highest BCUT2D eigenvalue weighted by Gasteiger charge is 2.24. The molecule has 2 aromatic heterocycles. The van der Waals surface area contributed by atoms with Crippen LogP contribution in [0.1, 0.15) is 77.6 Å².